The molecule has 1 N–H and O–H groups in total. The number of hydrogen-bond donors (Lipinski definition) is 1. The zero-order valence-corrected chi connectivity index (χ0v) is 12.5. The average molecular weight is 300 g/mol. The Labute approximate surface area is 123 Å². The minimum absolute atomic E-state index is 0. The number of halogens is 1. The third-order valence-electron chi connectivity index (χ3n) is 3.33. The van der Waals surface area contributed by atoms with E-state index in [1.807, 2.05) is 6.07 Å². The Balaban J connectivity index is 0.00000133. The van der Waals surface area contributed by atoms with Gasteiger partial charge in [-0.3, -0.25) is 4.90 Å². The van der Waals surface area contributed by atoms with Crippen molar-refractivity contribution in [1.29, 1.82) is 0 Å². The quantitative estimate of drug-likeness (QED) is 0.946. The van der Waals surface area contributed by atoms with Crippen LogP contribution >= 0.6 is 23.7 Å². The van der Waals surface area contributed by atoms with Gasteiger partial charge in [-0.15, -0.1) is 23.7 Å². The first-order valence-electron chi connectivity index (χ1n) is 6.27. The van der Waals surface area contributed by atoms with Crippen LogP contribution in [-0.2, 0) is 6.54 Å². The minimum atomic E-state index is 0. The van der Waals surface area contributed by atoms with Crippen molar-refractivity contribution in [3.05, 3.63) is 29.3 Å². The monoisotopic (exact) mass is 299 g/mol. The van der Waals surface area contributed by atoms with Crippen molar-refractivity contribution >= 4 is 23.7 Å². The molecular formula is C13H18ClN3OS. The molecule has 19 heavy (non-hydrogen) atoms. The summed E-state index contributed by atoms with van der Waals surface area (Å²) in [5.41, 5.74) is 1.02. The summed E-state index contributed by atoms with van der Waals surface area (Å²) in [7, 11) is 0. The van der Waals surface area contributed by atoms with Gasteiger partial charge in [0.15, 0.2) is 5.76 Å². The van der Waals surface area contributed by atoms with Gasteiger partial charge in [0, 0.05) is 38.3 Å². The number of rotatable bonds is 3. The lowest BCUT2D eigenvalue weighted by molar-refractivity contribution is 0.161. The van der Waals surface area contributed by atoms with E-state index >= 15 is 0 Å². The van der Waals surface area contributed by atoms with Gasteiger partial charge < -0.3 is 9.84 Å². The molecule has 1 fully saturated rings. The minimum Gasteiger partial charge on any atom is -0.355 e. The molecule has 0 spiro atoms. The summed E-state index contributed by atoms with van der Waals surface area (Å²) in [5, 5.41) is 9.62. The number of aromatic nitrogens is 1. The van der Waals surface area contributed by atoms with Crippen molar-refractivity contribution in [2.75, 3.05) is 19.6 Å². The topological polar surface area (TPSA) is 41.3 Å². The van der Waals surface area contributed by atoms with Crippen LogP contribution in [-0.4, -0.2) is 35.7 Å². The number of hydrogen-bond acceptors (Lipinski definition) is 5. The van der Waals surface area contributed by atoms with Crippen molar-refractivity contribution in [2.24, 2.45) is 0 Å². The van der Waals surface area contributed by atoms with Crippen LogP contribution in [0.3, 0.4) is 0 Å². The smallest absolute Gasteiger partial charge is 0.177 e. The highest BCUT2D eigenvalue weighted by atomic mass is 35.5. The molecule has 0 amide bonds. The molecule has 1 aliphatic heterocycles. The van der Waals surface area contributed by atoms with Gasteiger partial charge in [0.2, 0.25) is 0 Å². The summed E-state index contributed by atoms with van der Waals surface area (Å²) >= 11 is 1.68. The van der Waals surface area contributed by atoms with E-state index in [-0.39, 0.29) is 12.4 Å². The fourth-order valence-corrected chi connectivity index (χ4v) is 2.92. The van der Waals surface area contributed by atoms with E-state index in [2.05, 4.69) is 39.8 Å². The number of nitrogens with one attached hydrogen (secondary N) is 1. The molecule has 1 atom stereocenters. The van der Waals surface area contributed by atoms with Gasteiger partial charge in [-0.1, -0.05) is 11.2 Å². The molecule has 0 aliphatic carbocycles. The Hall–Kier alpha value is -0.880. The van der Waals surface area contributed by atoms with Gasteiger partial charge in [-0.25, -0.2) is 0 Å². The van der Waals surface area contributed by atoms with Crippen LogP contribution in [0.15, 0.2) is 28.1 Å². The standard InChI is InChI=1S/C13H17N3OS.ClH/c1-10-8-14-4-5-16(10)9-11-7-12(17-15-11)13-3-2-6-18-13;/h2-3,6-7,10,14H,4-5,8-9H2,1H3;1H/t10-;/m1./s1. The van der Waals surface area contributed by atoms with Crippen molar-refractivity contribution < 1.29 is 4.52 Å². The summed E-state index contributed by atoms with van der Waals surface area (Å²) in [6.07, 6.45) is 0. The molecule has 3 heterocycles. The van der Waals surface area contributed by atoms with E-state index in [0.717, 1.165) is 42.5 Å². The summed E-state index contributed by atoms with van der Waals surface area (Å²) < 4.78 is 5.40. The fourth-order valence-electron chi connectivity index (χ4n) is 2.25. The summed E-state index contributed by atoms with van der Waals surface area (Å²) in [6, 6.07) is 6.70. The molecule has 1 saturated heterocycles. The van der Waals surface area contributed by atoms with Gasteiger partial charge in [0.25, 0.3) is 0 Å². The molecule has 0 bridgehead atoms. The maximum Gasteiger partial charge on any atom is 0.177 e. The zero-order valence-electron chi connectivity index (χ0n) is 10.8. The van der Waals surface area contributed by atoms with Crippen LogP contribution in [0, 0.1) is 0 Å². The van der Waals surface area contributed by atoms with Crippen molar-refractivity contribution in [2.45, 2.75) is 19.5 Å². The second-order valence-corrected chi connectivity index (χ2v) is 5.63. The SMILES string of the molecule is C[C@@H]1CNCCN1Cc1cc(-c2cccs2)on1.Cl. The van der Waals surface area contributed by atoms with Crippen LogP contribution < -0.4 is 5.32 Å². The van der Waals surface area contributed by atoms with E-state index in [1.54, 1.807) is 11.3 Å². The molecule has 104 valence electrons. The first-order valence-corrected chi connectivity index (χ1v) is 7.15. The highest BCUT2D eigenvalue weighted by Crippen LogP contribution is 2.25. The maximum absolute atomic E-state index is 5.40. The molecule has 6 heteroatoms. The van der Waals surface area contributed by atoms with Crippen molar-refractivity contribution in [3.63, 3.8) is 0 Å². The number of piperazine rings is 1. The number of nitrogens with zero attached hydrogens (tertiary/aromatic N) is 2. The summed E-state index contributed by atoms with van der Waals surface area (Å²) in [5.74, 6) is 0.878. The van der Waals surface area contributed by atoms with Crippen molar-refractivity contribution in [3.8, 4) is 10.6 Å². The lowest BCUT2D eigenvalue weighted by atomic mass is 10.2. The molecule has 0 radical (unpaired) electrons. The van der Waals surface area contributed by atoms with Crippen LogP contribution in [0.2, 0.25) is 0 Å². The van der Waals surface area contributed by atoms with E-state index in [4.69, 9.17) is 4.52 Å². The van der Waals surface area contributed by atoms with Gasteiger partial charge in [-0.2, -0.15) is 0 Å². The third kappa shape index (κ3) is 3.36. The zero-order chi connectivity index (χ0) is 12.4. The highest BCUT2D eigenvalue weighted by molar-refractivity contribution is 7.13. The second-order valence-electron chi connectivity index (χ2n) is 4.68. The summed E-state index contributed by atoms with van der Waals surface area (Å²) in [6.45, 7) is 6.29. The Morgan fingerprint density at radius 2 is 2.47 bits per heavy atom. The van der Waals surface area contributed by atoms with E-state index in [9.17, 15) is 0 Å². The van der Waals surface area contributed by atoms with Gasteiger partial charge in [0.1, 0.15) is 0 Å². The predicted molar refractivity (Wildman–Crippen MR) is 79.8 cm³/mol. The van der Waals surface area contributed by atoms with Crippen LogP contribution in [0.25, 0.3) is 10.6 Å². The van der Waals surface area contributed by atoms with E-state index in [1.165, 1.54) is 0 Å². The van der Waals surface area contributed by atoms with Gasteiger partial charge in [-0.05, 0) is 18.4 Å². The number of thiophene rings is 1. The van der Waals surface area contributed by atoms with E-state index in [0.29, 0.717) is 6.04 Å². The maximum atomic E-state index is 5.40. The average Bonchev–Trinajstić information content (AvgIpc) is 3.02. The van der Waals surface area contributed by atoms with Gasteiger partial charge >= 0.3 is 0 Å². The third-order valence-corrected chi connectivity index (χ3v) is 4.21. The molecule has 0 unspecified atom stereocenters. The molecule has 0 aromatic carbocycles. The summed E-state index contributed by atoms with van der Waals surface area (Å²) in [4.78, 5) is 3.58. The van der Waals surface area contributed by atoms with Crippen LogP contribution in [0.1, 0.15) is 12.6 Å². The molecule has 1 aliphatic rings. The Bertz CT molecular complexity index is 500. The molecule has 0 saturated carbocycles. The van der Waals surface area contributed by atoms with Gasteiger partial charge in [0.05, 0.1) is 10.6 Å². The molecule has 2 aromatic heterocycles. The normalized spacial score (nSPS) is 20.2. The van der Waals surface area contributed by atoms with Crippen molar-refractivity contribution in [1.82, 2.24) is 15.4 Å². The molecule has 3 rings (SSSR count). The first-order chi connectivity index (χ1) is 8.83. The van der Waals surface area contributed by atoms with E-state index < -0.39 is 0 Å². The largest absolute Gasteiger partial charge is 0.355 e. The second kappa shape index (κ2) is 6.52. The Kier molecular flexibility index (Phi) is 4.99. The lowest BCUT2D eigenvalue weighted by Crippen LogP contribution is -2.49. The Morgan fingerprint density at radius 3 is 3.21 bits per heavy atom. The lowest BCUT2D eigenvalue weighted by Gasteiger charge is -2.33. The predicted octanol–water partition coefficient (Wildman–Crippen LogP) is 2.62. The Morgan fingerprint density at radius 1 is 1.58 bits per heavy atom. The van der Waals surface area contributed by atoms with Crippen LogP contribution in [0.4, 0.5) is 0 Å². The highest BCUT2D eigenvalue weighted by Gasteiger charge is 2.19. The fraction of sp³-hybridized carbons (Fsp3) is 0.462. The molecule has 2 aromatic rings. The van der Waals surface area contributed by atoms with Crippen LogP contribution in [0.5, 0.6) is 0 Å². The molecule has 4 nitrogen and oxygen atoms in total. The molecular weight excluding hydrogens is 282 g/mol. The first kappa shape index (κ1) is 14.5.